The number of carbonyl (C=O) groups is 1. The number of halogens is 1. The summed E-state index contributed by atoms with van der Waals surface area (Å²) in [5.74, 6) is -0.345. The Labute approximate surface area is 170 Å². The van der Waals surface area contributed by atoms with Gasteiger partial charge < -0.3 is 15.0 Å². The van der Waals surface area contributed by atoms with Gasteiger partial charge in [0, 0.05) is 28.8 Å². The zero-order valence-corrected chi connectivity index (χ0v) is 17.4. The average molecular weight is 402 g/mol. The smallest absolute Gasteiger partial charge is 0.273 e. The average Bonchev–Trinajstić information content (AvgIpc) is 2.68. The van der Waals surface area contributed by atoms with Crippen LogP contribution in [0.1, 0.15) is 34.7 Å². The summed E-state index contributed by atoms with van der Waals surface area (Å²) in [6.07, 6.45) is 0. The fourth-order valence-electron chi connectivity index (χ4n) is 2.60. The van der Waals surface area contributed by atoms with Crippen LogP contribution in [0.3, 0.4) is 0 Å². The van der Waals surface area contributed by atoms with E-state index in [2.05, 4.69) is 15.6 Å². The van der Waals surface area contributed by atoms with Crippen molar-refractivity contribution in [3.8, 4) is 0 Å². The lowest BCUT2D eigenvalue weighted by atomic mass is 9.98. The van der Waals surface area contributed by atoms with Crippen molar-refractivity contribution in [1.82, 2.24) is 5.32 Å². The van der Waals surface area contributed by atoms with E-state index in [9.17, 15) is 4.79 Å². The Morgan fingerprint density at radius 2 is 1.89 bits per heavy atom. The monoisotopic (exact) mass is 401 g/mol. The zero-order valence-electron chi connectivity index (χ0n) is 16.7. The van der Waals surface area contributed by atoms with E-state index >= 15 is 0 Å². The van der Waals surface area contributed by atoms with Gasteiger partial charge in [0.15, 0.2) is 5.71 Å². The molecule has 28 heavy (non-hydrogen) atoms. The molecular formula is C21H24ClN3O3. The van der Waals surface area contributed by atoms with E-state index in [0.717, 1.165) is 22.3 Å². The van der Waals surface area contributed by atoms with E-state index in [4.69, 9.17) is 21.3 Å². The van der Waals surface area contributed by atoms with Crippen LogP contribution in [0.25, 0.3) is 0 Å². The molecule has 0 fully saturated rings. The Hall–Kier alpha value is -2.86. The summed E-state index contributed by atoms with van der Waals surface area (Å²) < 4.78 is 0. The Morgan fingerprint density at radius 1 is 1.14 bits per heavy atom. The van der Waals surface area contributed by atoms with Gasteiger partial charge in [-0.05, 0) is 38.0 Å². The summed E-state index contributed by atoms with van der Waals surface area (Å²) in [4.78, 5) is 22.6. The number of likely N-dealkylation sites (N-methyl/N-ethyl adjacent to an activating group) is 1. The second-order valence-corrected chi connectivity index (χ2v) is 6.62. The molecule has 0 aromatic heterocycles. The maximum Gasteiger partial charge on any atom is 0.273 e. The topological polar surface area (TPSA) is 72.3 Å². The summed E-state index contributed by atoms with van der Waals surface area (Å²) in [6.45, 7) is 5.91. The minimum Gasteiger partial charge on any atom is -0.398 e. The second-order valence-electron chi connectivity index (χ2n) is 6.22. The molecule has 0 aliphatic heterocycles. The van der Waals surface area contributed by atoms with Gasteiger partial charge in [-0.25, -0.2) is 0 Å². The number of amides is 1. The van der Waals surface area contributed by atoms with E-state index in [1.165, 1.54) is 7.11 Å². The number of rotatable bonds is 7. The highest BCUT2D eigenvalue weighted by molar-refractivity contribution is 6.45. The van der Waals surface area contributed by atoms with Crippen molar-refractivity contribution in [3.63, 3.8) is 0 Å². The first-order valence-electron chi connectivity index (χ1n) is 8.74. The van der Waals surface area contributed by atoms with Crippen molar-refractivity contribution in [2.24, 2.45) is 10.3 Å². The molecule has 1 N–H and O–H groups in total. The van der Waals surface area contributed by atoms with Gasteiger partial charge in [-0.2, -0.15) is 0 Å². The van der Waals surface area contributed by atoms with E-state index in [0.29, 0.717) is 16.3 Å². The first-order chi connectivity index (χ1) is 13.4. The van der Waals surface area contributed by atoms with E-state index in [1.807, 2.05) is 51.1 Å². The highest BCUT2D eigenvalue weighted by Gasteiger charge is 2.19. The molecule has 2 aromatic rings. The van der Waals surface area contributed by atoms with Crippen molar-refractivity contribution in [2.45, 2.75) is 27.4 Å². The second kappa shape index (κ2) is 9.90. The number of nitrogens with zero attached hydrogens (tertiary/aromatic N) is 2. The van der Waals surface area contributed by atoms with Crippen LogP contribution >= 0.6 is 11.6 Å². The Bertz CT molecular complexity index is 923. The number of benzene rings is 2. The Balaban J connectivity index is 2.27. The number of carbonyl (C=O) groups excluding carboxylic acids is 1. The van der Waals surface area contributed by atoms with Crippen molar-refractivity contribution in [2.75, 3.05) is 14.2 Å². The minimum absolute atomic E-state index is 0.179. The normalized spacial score (nSPS) is 11.9. The SMILES string of the molecule is CNC(=O)/C(=N/OC)c1cccc(C)c1CO/N=C(\C)c1ccc(C)c(Cl)c1. The molecule has 148 valence electrons. The van der Waals surface area contributed by atoms with Crippen molar-refractivity contribution in [1.29, 1.82) is 0 Å². The molecule has 0 spiro atoms. The van der Waals surface area contributed by atoms with Crippen molar-refractivity contribution in [3.05, 3.63) is 69.2 Å². The van der Waals surface area contributed by atoms with Crippen LogP contribution in [0.4, 0.5) is 0 Å². The lowest BCUT2D eigenvalue weighted by Crippen LogP contribution is -2.29. The van der Waals surface area contributed by atoms with E-state index in [1.54, 1.807) is 13.1 Å². The quantitative estimate of drug-likeness (QED) is 0.563. The van der Waals surface area contributed by atoms with Gasteiger partial charge in [-0.3, -0.25) is 4.79 Å². The summed E-state index contributed by atoms with van der Waals surface area (Å²) in [7, 11) is 2.94. The number of aryl methyl sites for hydroxylation is 2. The number of oxime groups is 2. The van der Waals surface area contributed by atoms with Gasteiger partial charge in [0.2, 0.25) is 0 Å². The maximum atomic E-state index is 12.2. The first kappa shape index (κ1) is 21.4. The van der Waals surface area contributed by atoms with Crippen LogP contribution in [-0.2, 0) is 21.1 Å². The predicted molar refractivity (Wildman–Crippen MR) is 112 cm³/mol. The highest BCUT2D eigenvalue weighted by atomic mass is 35.5. The molecular weight excluding hydrogens is 378 g/mol. The predicted octanol–water partition coefficient (Wildman–Crippen LogP) is 3.99. The third-order valence-corrected chi connectivity index (χ3v) is 4.70. The number of nitrogens with one attached hydrogen (secondary N) is 1. The number of hydrogen-bond acceptors (Lipinski definition) is 5. The molecule has 2 rings (SSSR count). The van der Waals surface area contributed by atoms with Gasteiger partial charge in [-0.15, -0.1) is 0 Å². The summed E-state index contributed by atoms with van der Waals surface area (Å²) in [5, 5.41) is 11.3. The van der Waals surface area contributed by atoms with Crippen LogP contribution in [0.2, 0.25) is 5.02 Å². The molecule has 0 heterocycles. The van der Waals surface area contributed by atoms with Crippen molar-refractivity contribution >= 4 is 28.9 Å². The summed E-state index contributed by atoms with van der Waals surface area (Å²) >= 11 is 6.18. The number of hydrogen-bond donors (Lipinski definition) is 1. The van der Waals surface area contributed by atoms with Crippen LogP contribution in [0, 0.1) is 13.8 Å². The largest absolute Gasteiger partial charge is 0.398 e. The Kier molecular flexibility index (Phi) is 7.58. The molecule has 0 saturated heterocycles. The molecule has 6 nitrogen and oxygen atoms in total. The molecule has 0 bridgehead atoms. The van der Waals surface area contributed by atoms with Crippen LogP contribution in [0.15, 0.2) is 46.7 Å². The summed E-state index contributed by atoms with van der Waals surface area (Å²) in [5.41, 5.74) is 5.16. The van der Waals surface area contributed by atoms with Gasteiger partial charge in [0.25, 0.3) is 5.91 Å². The molecule has 0 saturated carbocycles. The molecule has 1 amide bonds. The molecule has 2 aromatic carbocycles. The van der Waals surface area contributed by atoms with E-state index < -0.39 is 0 Å². The van der Waals surface area contributed by atoms with E-state index in [-0.39, 0.29) is 18.2 Å². The molecule has 7 heteroatoms. The standard InChI is InChI=1S/C21H24ClN3O3/c1-13-7-6-8-17(20(25-27-5)21(26)23-4)18(13)12-28-24-15(3)16-10-9-14(2)19(22)11-16/h6-11H,12H2,1-5H3,(H,23,26)/b24-15+,25-20+. The fourth-order valence-corrected chi connectivity index (χ4v) is 2.78. The maximum absolute atomic E-state index is 12.2. The minimum atomic E-state index is -0.345. The molecule has 0 aliphatic carbocycles. The summed E-state index contributed by atoms with van der Waals surface area (Å²) in [6, 6.07) is 11.3. The third-order valence-electron chi connectivity index (χ3n) is 4.29. The molecule has 0 radical (unpaired) electrons. The highest BCUT2D eigenvalue weighted by Crippen LogP contribution is 2.19. The lowest BCUT2D eigenvalue weighted by Gasteiger charge is -2.13. The first-order valence-corrected chi connectivity index (χ1v) is 9.12. The molecule has 0 aliphatic rings. The van der Waals surface area contributed by atoms with Gasteiger partial charge in [0.1, 0.15) is 13.7 Å². The van der Waals surface area contributed by atoms with Crippen LogP contribution in [-0.4, -0.2) is 31.5 Å². The Morgan fingerprint density at radius 3 is 2.54 bits per heavy atom. The van der Waals surface area contributed by atoms with Gasteiger partial charge in [0.05, 0.1) is 5.71 Å². The lowest BCUT2D eigenvalue weighted by molar-refractivity contribution is -0.114. The van der Waals surface area contributed by atoms with Crippen LogP contribution < -0.4 is 5.32 Å². The van der Waals surface area contributed by atoms with Crippen molar-refractivity contribution < 1.29 is 14.5 Å². The third kappa shape index (κ3) is 5.10. The zero-order chi connectivity index (χ0) is 20.7. The molecule has 0 atom stereocenters. The van der Waals surface area contributed by atoms with Gasteiger partial charge in [-0.1, -0.05) is 52.2 Å². The van der Waals surface area contributed by atoms with Crippen LogP contribution in [0.5, 0.6) is 0 Å². The fraction of sp³-hybridized carbons (Fsp3) is 0.286. The van der Waals surface area contributed by atoms with Gasteiger partial charge >= 0.3 is 0 Å². The molecule has 0 unspecified atom stereocenters.